The zero-order valence-electron chi connectivity index (χ0n) is 16.6. The molecule has 0 fully saturated rings. The van der Waals surface area contributed by atoms with Crippen LogP contribution in [0.4, 0.5) is 4.79 Å². The molecule has 0 saturated carbocycles. The van der Waals surface area contributed by atoms with Crippen LogP contribution in [0.5, 0.6) is 11.5 Å². The van der Waals surface area contributed by atoms with E-state index in [2.05, 4.69) is 15.6 Å². The molecule has 154 valence electrons. The fourth-order valence-corrected chi connectivity index (χ4v) is 3.06. The summed E-state index contributed by atoms with van der Waals surface area (Å²) in [6.45, 7) is 1.89. The molecule has 3 rings (SSSR count). The van der Waals surface area contributed by atoms with Crippen LogP contribution in [0.1, 0.15) is 36.6 Å². The van der Waals surface area contributed by atoms with E-state index in [1.807, 2.05) is 61.5 Å². The summed E-state index contributed by atoms with van der Waals surface area (Å²) in [6.07, 6.45) is 3.38. The molecule has 2 unspecified atom stereocenters. The number of ether oxygens (including phenoxy) is 1. The maximum atomic E-state index is 12.6. The number of urea groups is 1. The Bertz CT molecular complexity index is 980. The minimum Gasteiger partial charge on any atom is -0.457 e. The number of hydrogen-bond donors (Lipinski definition) is 3. The van der Waals surface area contributed by atoms with Gasteiger partial charge in [-0.3, -0.25) is 9.78 Å². The molecule has 0 aliphatic rings. The summed E-state index contributed by atoms with van der Waals surface area (Å²) in [4.78, 5) is 28.1. The zero-order chi connectivity index (χ0) is 21.3. The van der Waals surface area contributed by atoms with Crippen LogP contribution in [0.25, 0.3) is 0 Å². The first-order chi connectivity index (χ1) is 14.5. The SMILES string of the molecule is CC(NC(=O)CC(NC(N)=O)c1cccc(Oc2ccccc2)c1)c1ccncc1. The van der Waals surface area contributed by atoms with E-state index < -0.39 is 12.1 Å². The molecule has 4 N–H and O–H groups in total. The first-order valence-corrected chi connectivity index (χ1v) is 9.59. The van der Waals surface area contributed by atoms with Crippen molar-refractivity contribution < 1.29 is 14.3 Å². The van der Waals surface area contributed by atoms with Gasteiger partial charge < -0.3 is 21.1 Å². The van der Waals surface area contributed by atoms with Gasteiger partial charge in [-0.1, -0.05) is 30.3 Å². The molecule has 7 heteroatoms. The third-order valence-electron chi connectivity index (χ3n) is 4.53. The van der Waals surface area contributed by atoms with E-state index in [0.29, 0.717) is 17.1 Å². The summed E-state index contributed by atoms with van der Waals surface area (Å²) in [5.74, 6) is 1.07. The highest BCUT2D eigenvalue weighted by Crippen LogP contribution is 2.26. The Balaban J connectivity index is 1.71. The molecule has 3 aromatic rings. The number of aromatic nitrogens is 1. The normalized spacial score (nSPS) is 12.4. The number of carbonyl (C=O) groups is 2. The van der Waals surface area contributed by atoms with Crippen molar-refractivity contribution in [2.45, 2.75) is 25.4 Å². The monoisotopic (exact) mass is 404 g/mol. The van der Waals surface area contributed by atoms with Crippen molar-refractivity contribution in [3.8, 4) is 11.5 Å². The Morgan fingerprint density at radius 3 is 2.33 bits per heavy atom. The van der Waals surface area contributed by atoms with Gasteiger partial charge in [0.1, 0.15) is 11.5 Å². The smallest absolute Gasteiger partial charge is 0.312 e. The molecule has 0 aliphatic carbocycles. The van der Waals surface area contributed by atoms with Crippen LogP contribution in [0.3, 0.4) is 0 Å². The van der Waals surface area contributed by atoms with Gasteiger partial charge in [0.15, 0.2) is 0 Å². The fraction of sp³-hybridized carbons (Fsp3) is 0.174. The van der Waals surface area contributed by atoms with E-state index in [-0.39, 0.29) is 18.4 Å². The highest BCUT2D eigenvalue weighted by Gasteiger charge is 2.19. The third-order valence-corrected chi connectivity index (χ3v) is 4.53. The molecule has 0 saturated heterocycles. The van der Waals surface area contributed by atoms with Crippen LogP contribution >= 0.6 is 0 Å². The number of benzene rings is 2. The van der Waals surface area contributed by atoms with E-state index in [0.717, 1.165) is 5.56 Å². The quantitative estimate of drug-likeness (QED) is 0.530. The number of amides is 3. The second-order valence-electron chi connectivity index (χ2n) is 6.82. The van der Waals surface area contributed by atoms with Gasteiger partial charge in [0.2, 0.25) is 5.91 Å². The van der Waals surface area contributed by atoms with E-state index in [9.17, 15) is 9.59 Å². The number of nitrogens with one attached hydrogen (secondary N) is 2. The summed E-state index contributed by atoms with van der Waals surface area (Å²) in [5, 5.41) is 5.58. The molecule has 1 heterocycles. The first kappa shape index (κ1) is 20.9. The van der Waals surface area contributed by atoms with Crippen LogP contribution in [-0.4, -0.2) is 16.9 Å². The maximum Gasteiger partial charge on any atom is 0.312 e. The van der Waals surface area contributed by atoms with Gasteiger partial charge in [-0.05, 0) is 54.4 Å². The van der Waals surface area contributed by atoms with E-state index in [4.69, 9.17) is 10.5 Å². The molecule has 0 bridgehead atoms. The van der Waals surface area contributed by atoms with Crippen molar-refractivity contribution in [1.82, 2.24) is 15.6 Å². The molecule has 2 aromatic carbocycles. The Morgan fingerprint density at radius 2 is 1.63 bits per heavy atom. The predicted molar refractivity (Wildman–Crippen MR) is 114 cm³/mol. The second-order valence-corrected chi connectivity index (χ2v) is 6.82. The summed E-state index contributed by atoms with van der Waals surface area (Å²) in [5.41, 5.74) is 7.00. The first-order valence-electron chi connectivity index (χ1n) is 9.59. The molecule has 7 nitrogen and oxygen atoms in total. The van der Waals surface area contributed by atoms with Crippen molar-refractivity contribution in [2.75, 3.05) is 0 Å². The molecule has 3 amide bonds. The lowest BCUT2D eigenvalue weighted by atomic mass is 10.0. The fourth-order valence-electron chi connectivity index (χ4n) is 3.06. The number of hydrogen-bond acceptors (Lipinski definition) is 4. The number of rotatable bonds is 8. The number of primary amides is 1. The standard InChI is InChI=1S/C23H24N4O3/c1-16(17-10-12-25-13-11-17)26-22(28)15-21(27-23(24)29)18-6-5-9-20(14-18)30-19-7-3-2-4-8-19/h2-14,16,21H,15H2,1H3,(H,26,28)(H3,24,27,29). The van der Waals surface area contributed by atoms with Gasteiger partial charge in [-0.15, -0.1) is 0 Å². The van der Waals surface area contributed by atoms with Crippen molar-refractivity contribution in [3.05, 3.63) is 90.3 Å². The largest absolute Gasteiger partial charge is 0.457 e. The topological polar surface area (TPSA) is 106 Å². The predicted octanol–water partition coefficient (Wildman–Crippen LogP) is 3.85. The van der Waals surface area contributed by atoms with Crippen molar-refractivity contribution >= 4 is 11.9 Å². The highest BCUT2D eigenvalue weighted by molar-refractivity contribution is 5.79. The van der Waals surface area contributed by atoms with Crippen molar-refractivity contribution in [3.63, 3.8) is 0 Å². The number of carbonyl (C=O) groups excluding carboxylic acids is 2. The van der Waals surface area contributed by atoms with Gasteiger partial charge >= 0.3 is 6.03 Å². The Kier molecular flexibility index (Phi) is 7.00. The molecule has 0 radical (unpaired) electrons. The lowest BCUT2D eigenvalue weighted by molar-refractivity contribution is -0.122. The van der Waals surface area contributed by atoms with Crippen molar-refractivity contribution in [1.29, 1.82) is 0 Å². The second kappa shape index (κ2) is 10.1. The molecule has 0 aliphatic heterocycles. The number of nitrogens with zero attached hydrogens (tertiary/aromatic N) is 1. The molecular weight excluding hydrogens is 380 g/mol. The van der Waals surface area contributed by atoms with E-state index in [1.165, 1.54) is 0 Å². The highest BCUT2D eigenvalue weighted by atomic mass is 16.5. The van der Waals surface area contributed by atoms with E-state index >= 15 is 0 Å². The summed E-state index contributed by atoms with van der Waals surface area (Å²) >= 11 is 0. The van der Waals surface area contributed by atoms with Crippen molar-refractivity contribution in [2.24, 2.45) is 5.73 Å². The minimum absolute atomic E-state index is 0.0349. The van der Waals surface area contributed by atoms with Gasteiger partial charge in [-0.25, -0.2) is 4.79 Å². The van der Waals surface area contributed by atoms with Crippen LogP contribution in [0.15, 0.2) is 79.1 Å². The number of para-hydroxylation sites is 1. The Morgan fingerprint density at radius 1 is 0.933 bits per heavy atom. The molecule has 1 aromatic heterocycles. The lowest BCUT2D eigenvalue weighted by Crippen LogP contribution is -2.37. The Hall–Kier alpha value is -3.87. The summed E-state index contributed by atoms with van der Waals surface area (Å²) in [6, 6.07) is 18.8. The lowest BCUT2D eigenvalue weighted by Gasteiger charge is -2.20. The van der Waals surface area contributed by atoms with Gasteiger partial charge in [0.25, 0.3) is 0 Å². The van der Waals surface area contributed by atoms with Crippen LogP contribution < -0.4 is 21.1 Å². The summed E-state index contributed by atoms with van der Waals surface area (Å²) in [7, 11) is 0. The maximum absolute atomic E-state index is 12.6. The molecule has 0 spiro atoms. The van der Waals surface area contributed by atoms with Gasteiger partial charge in [0, 0.05) is 12.4 Å². The van der Waals surface area contributed by atoms with Gasteiger partial charge in [-0.2, -0.15) is 0 Å². The minimum atomic E-state index is -0.704. The van der Waals surface area contributed by atoms with Crippen LogP contribution in [-0.2, 0) is 4.79 Å². The summed E-state index contributed by atoms with van der Waals surface area (Å²) < 4.78 is 5.85. The zero-order valence-corrected chi connectivity index (χ0v) is 16.6. The van der Waals surface area contributed by atoms with E-state index in [1.54, 1.807) is 24.5 Å². The molecule has 2 atom stereocenters. The third kappa shape index (κ3) is 6.07. The van der Waals surface area contributed by atoms with Gasteiger partial charge in [0.05, 0.1) is 18.5 Å². The average Bonchev–Trinajstić information content (AvgIpc) is 2.74. The van der Waals surface area contributed by atoms with Crippen LogP contribution in [0, 0.1) is 0 Å². The average molecular weight is 404 g/mol. The molecule has 30 heavy (non-hydrogen) atoms. The Labute approximate surface area is 175 Å². The molecular formula is C23H24N4O3. The van der Waals surface area contributed by atoms with Crippen LogP contribution in [0.2, 0.25) is 0 Å². The number of nitrogens with two attached hydrogens (primary N) is 1. The number of pyridine rings is 1.